The van der Waals surface area contributed by atoms with Gasteiger partial charge in [0.1, 0.15) is 5.69 Å². The van der Waals surface area contributed by atoms with E-state index in [0.29, 0.717) is 37.0 Å². The van der Waals surface area contributed by atoms with E-state index in [4.69, 9.17) is 16.3 Å². The molecule has 1 aliphatic rings. The smallest absolute Gasteiger partial charge is 0.346 e. The number of benzene rings is 1. The average molecular weight is 320 g/mol. The molecule has 0 aliphatic carbocycles. The fourth-order valence-electron chi connectivity index (χ4n) is 2.28. The first-order valence-electron chi connectivity index (χ1n) is 6.88. The SMILES string of the molecule is O=C(c1cc(-c2ccc(Cl)cc2)nc(=O)[nH]1)N1CCOCC1. The molecule has 114 valence electrons. The van der Waals surface area contributed by atoms with Crippen LogP contribution in [0.3, 0.4) is 0 Å². The number of nitrogens with one attached hydrogen (secondary N) is 1. The van der Waals surface area contributed by atoms with E-state index in [2.05, 4.69) is 9.97 Å². The van der Waals surface area contributed by atoms with Gasteiger partial charge in [0.15, 0.2) is 0 Å². The molecule has 1 N–H and O–H groups in total. The van der Waals surface area contributed by atoms with E-state index in [9.17, 15) is 9.59 Å². The lowest BCUT2D eigenvalue weighted by atomic mass is 10.1. The molecule has 1 aliphatic heterocycles. The minimum Gasteiger partial charge on any atom is -0.378 e. The number of carbonyl (C=O) groups excluding carboxylic acids is 1. The van der Waals surface area contributed by atoms with Crippen LogP contribution in [0.25, 0.3) is 11.3 Å². The molecule has 0 unspecified atom stereocenters. The van der Waals surface area contributed by atoms with Crippen LogP contribution in [0.5, 0.6) is 0 Å². The minimum atomic E-state index is -0.552. The molecule has 7 heteroatoms. The zero-order chi connectivity index (χ0) is 15.5. The van der Waals surface area contributed by atoms with Gasteiger partial charge in [-0.1, -0.05) is 23.7 Å². The second-order valence-electron chi connectivity index (χ2n) is 4.90. The standard InChI is InChI=1S/C15H14ClN3O3/c16-11-3-1-10(2-4-11)12-9-13(18-15(21)17-12)14(20)19-5-7-22-8-6-19/h1-4,9H,5-8H2,(H,17,18,21). The van der Waals surface area contributed by atoms with Crippen molar-refractivity contribution < 1.29 is 9.53 Å². The Bertz CT molecular complexity index is 736. The van der Waals surface area contributed by atoms with Gasteiger partial charge in [-0.25, -0.2) is 4.79 Å². The largest absolute Gasteiger partial charge is 0.378 e. The van der Waals surface area contributed by atoms with Crippen molar-refractivity contribution in [3.63, 3.8) is 0 Å². The van der Waals surface area contributed by atoms with Gasteiger partial charge in [0, 0.05) is 23.7 Å². The number of carbonyl (C=O) groups is 1. The summed E-state index contributed by atoms with van der Waals surface area (Å²) in [5.41, 5.74) is 0.847. The highest BCUT2D eigenvalue weighted by Gasteiger charge is 2.20. The van der Waals surface area contributed by atoms with Crippen molar-refractivity contribution >= 4 is 17.5 Å². The van der Waals surface area contributed by atoms with E-state index in [0.717, 1.165) is 5.56 Å². The molecule has 3 rings (SSSR count). The highest BCUT2D eigenvalue weighted by molar-refractivity contribution is 6.30. The minimum absolute atomic E-state index is 0.224. The molecule has 2 heterocycles. The van der Waals surface area contributed by atoms with Crippen molar-refractivity contribution in [3.8, 4) is 11.3 Å². The number of amides is 1. The Kier molecular flexibility index (Phi) is 4.22. The van der Waals surface area contributed by atoms with Crippen LogP contribution in [0.15, 0.2) is 35.1 Å². The Labute approximate surface area is 131 Å². The zero-order valence-corrected chi connectivity index (χ0v) is 12.5. The number of ether oxygens (including phenoxy) is 1. The first-order valence-corrected chi connectivity index (χ1v) is 7.25. The molecular weight excluding hydrogens is 306 g/mol. The summed E-state index contributed by atoms with van der Waals surface area (Å²) in [6, 6.07) is 8.52. The molecule has 0 radical (unpaired) electrons. The second kappa shape index (κ2) is 6.29. The third-order valence-corrected chi connectivity index (χ3v) is 3.67. The molecule has 22 heavy (non-hydrogen) atoms. The molecule has 0 atom stereocenters. The second-order valence-corrected chi connectivity index (χ2v) is 5.33. The van der Waals surface area contributed by atoms with E-state index in [1.54, 1.807) is 35.2 Å². The van der Waals surface area contributed by atoms with Crippen LogP contribution in [-0.2, 0) is 4.74 Å². The van der Waals surface area contributed by atoms with Gasteiger partial charge in [-0.05, 0) is 18.2 Å². The van der Waals surface area contributed by atoms with Crippen LogP contribution in [0.2, 0.25) is 5.02 Å². The predicted molar refractivity (Wildman–Crippen MR) is 82.0 cm³/mol. The lowest BCUT2D eigenvalue weighted by Gasteiger charge is -2.26. The molecule has 6 nitrogen and oxygen atoms in total. The van der Waals surface area contributed by atoms with Gasteiger partial charge in [0.05, 0.1) is 18.9 Å². The number of hydrogen-bond donors (Lipinski definition) is 1. The van der Waals surface area contributed by atoms with Crippen molar-refractivity contribution in [2.45, 2.75) is 0 Å². The normalized spacial score (nSPS) is 14.9. The number of rotatable bonds is 2. The van der Waals surface area contributed by atoms with Crippen molar-refractivity contribution in [1.82, 2.24) is 14.9 Å². The van der Waals surface area contributed by atoms with Crippen LogP contribution < -0.4 is 5.69 Å². The lowest BCUT2D eigenvalue weighted by molar-refractivity contribution is 0.0298. The third-order valence-electron chi connectivity index (χ3n) is 3.41. The number of morpholine rings is 1. The Balaban J connectivity index is 1.94. The summed E-state index contributed by atoms with van der Waals surface area (Å²) in [7, 11) is 0. The molecular formula is C15H14ClN3O3. The molecule has 1 aromatic heterocycles. The van der Waals surface area contributed by atoms with E-state index in [1.807, 2.05) is 0 Å². The number of aromatic amines is 1. The summed E-state index contributed by atoms with van der Waals surface area (Å²) in [4.78, 5) is 32.3. The molecule has 0 bridgehead atoms. The molecule has 0 spiro atoms. The van der Waals surface area contributed by atoms with Crippen molar-refractivity contribution in [1.29, 1.82) is 0 Å². The lowest BCUT2D eigenvalue weighted by Crippen LogP contribution is -2.41. The number of nitrogens with zero attached hydrogens (tertiary/aromatic N) is 2. The fourth-order valence-corrected chi connectivity index (χ4v) is 2.40. The maximum atomic E-state index is 12.4. The summed E-state index contributed by atoms with van der Waals surface area (Å²) in [6.07, 6.45) is 0. The highest BCUT2D eigenvalue weighted by atomic mass is 35.5. The Morgan fingerprint density at radius 3 is 2.59 bits per heavy atom. The van der Waals surface area contributed by atoms with Gasteiger partial charge in [0.25, 0.3) is 5.91 Å². The topological polar surface area (TPSA) is 75.3 Å². The monoisotopic (exact) mass is 319 g/mol. The highest BCUT2D eigenvalue weighted by Crippen LogP contribution is 2.19. The number of halogens is 1. The van der Waals surface area contributed by atoms with Gasteiger partial charge < -0.3 is 14.6 Å². The number of aromatic nitrogens is 2. The first-order chi connectivity index (χ1) is 10.6. The third kappa shape index (κ3) is 3.18. The van der Waals surface area contributed by atoms with E-state index >= 15 is 0 Å². The molecule has 1 saturated heterocycles. The van der Waals surface area contributed by atoms with Crippen molar-refractivity contribution in [2.75, 3.05) is 26.3 Å². The molecule has 0 saturated carbocycles. The summed E-state index contributed by atoms with van der Waals surface area (Å²) in [6.45, 7) is 2.04. The maximum absolute atomic E-state index is 12.4. The molecule has 1 aromatic carbocycles. The van der Waals surface area contributed by atoms with Crippen LogP contribution in [0.4, 0.5) is 0 Å². The van der Waals surface area contributed by atoms with E-state index < -0.39 is 5.69 Å². The van der Waals surface area contributed by atoms with Crippen LogP contribution in [-0.4, -0.2) is 47.1 Å². The van der Waals surface area contributed by atoms with Crippen molar-refractivity contribution in [2.24, 2.45) is 0 Å². The van der Waals surface area contributed by atoms with Crippen LogP contribution in [0, 0.1) is 0 Å². The summed E-state index contributed by atoms with van der Waals surface area (Å²) >= 11 is 5.85. The Hall–Kier alpha value is -2.18. The number of H-pyrrole nitrogens is 1. The quantitative estimate of drug-likeness (QED) is 0.911. The number of hydrogen-bond acceptors (Lipinski definition) is 4. The summed E-state index contributed by atoms with van der Waals surface area (Å²) in [5, 5.41) is 0.596. The maximum Gasteiger partial charge on any atom is 0.346 e. The average Bonchev–Trinajstić information content (AvgIpc) is 2.55. The van der Waals surface area contributed by atoms with E-state index in [1.165, 1.54) is 0 Å². The Morgan fingerprint density at radius 1 is 1.23 bits per heavy atom. The molecule has 1 amide bonds. The summed E-state index contributed by atoms with van der Waals surface area (Å²) < 4.78 is 5.22. The molecule has 1 fully saturated rings. The molecule has 2 aromatic rings. The van der Waals surface area contributed by atoms with Crippen molar-refractivity contribution in [3.05, 3.63) is 51.5 Å². The Morgan fingerprint density at radius 2 is 1.91 bits per heavy atom. The van der Waals surface area contributed by atoms with Gasteiger partial charge in [-0.3, -0.25) is 4.79 Å². The zero-order valence-electron chi connectivity index (χ0n) is 11.7. The van der Waals surface area contributed by atoms with E-state index in [-0.39, 0.29) is 11.6 Å². The van der Waals surface area contributed by atoms with Crippen LogP contribution >= 0.6 is 11.6 Å². The van der Waals surface area contributed by atoms with Crippen LogP contribution in [0.1, 0.15) is 10.5 Å². The summed E-state index contributed by atoms with van der Waals surface area (Å²) in [5.74, 6) is -0.224. The van der Waals surface area contributed by atoms with Gasteiger partial charge >= 0.3 is 5.69 Å². The first kappa shape index (κ1) is 14.7. The predicted octanol–water partition coefficient (Wildman–Crippen LogP) is 1.56. The van der Waals surface area contributed by atoms with Gasteiger partial charge in [-0.15, -0.1) is 0 Å². The van der Waals surface area contributed by atoms with Gasteiger partial charge in [0.2, 0.25) is 0 Å². The fraction of sp³-hybridized carbons (Fsp3) is 0.267. The van der Waals surface area contributed by atoms with Gasteiger partial charge in [-0.2, -0.15) is 4.98 Å².